The summed E-state index contributed by atoms with van der Waals surface area (Å²) < 4.78 is 28.4. The average Bonchev–Trinajstić information content (AvgIpc) is 3.21. The number of carboxylic acids is 1. The second-order valence-corrected chi connectivity index (χ2v) is 13.3. The molecule has 2 N–H and O–H groups in total. The Kier molecular flexibility index (Phi) is 9.01. The molecule has 33 heavy (non-hydrogen) atoms. The van der Waals surface area contributed by atoms with Crippen molar-refractivity contribution in [1.29, 1.82) is 0 Å². The third kappa shape index (κ3) is 6.81. The topological polar surface area (TPSA) is 123 Å². The average molecular weight is 520 g/mol. The quantitative estimate of drug-likeness (QED) is 0.506. The van der Waals surface area contributed by atoms with E-state index in [2.05, 4.69) is 17.2 Å². The molecule has 0 radical (unpaired) electrons. The second-order valence-electron chi connectivity index (χ2n) is 8.84. The van der Waals surface area contributed by atoms with Gasteiger partial charge in [-0.15, -0.1) is 11.8 Å². The first-order valence-corrected chi connectivity index (χ1v) is 14.3. The number of rotatable bonds is 8. The van der Waals surface area contributed by atoms with Gasteiger partial charge in [0.1, 0.15) is 0 Å². The standard InChI is InChI=1S/C20H33N5O5S3/c1-14-4-6-15(7-5-14)25(16-8-10-24(11-9-16)33(29,30)23(2)3)20(28)22-19-21-12-18(32-19)31-13-17(26)27/h12,14-16H,4-11,13H2,1-3H3,(H,26,27)(H,21,22,28)/t14-,15-. The lowest BCUT2D eigenvalue weighted by Gasteiger charge is -2.44. The molecular weight excluding hydrogens is 486 g/mol. The van der Waals surface area contributed by atoms with E-state index in [1.165, 1.54) is 45.8 Å². The van der Waals surface area contributed by atoms with E-state index in [0.717, 1.165) is 29.9 Å². The number of anilines is 1. The van der Waals surface area contributed by atoms with Crippen LogP contribution in [0.3, 0.4) is 0 Å². The van der Waals surface area contributed by atoms with E-state index < -0.39 is 16.2 Å². The smallest absolute Gasteiger partial charge is 0.324 e. The summed E-state index contributed by atoms with van der Waals surface area (Å²) in [6.07, 6.45) is 6.75. The molecule has 2 aliphatic rings. The predicted octanol–water partition coefficient (Wildman–Crippen LogP) is 3.00. The number of thioether (sulfide) groups is 1. The molecular formula is C20H33N5O5S3. The fourth-order valence-corrected chi connectivity index (χ4v) is 7.12. The van der Waals surface area contributed by atoms with Gasteiger partial charge in [-0.05, 0) is 44.4 Å². The number of nitrogens with zero attached hydrogens (tertiary/aromatic N) is 4. The Morgan fingerprint density at radius 1 is 1.18 bits per heavy atom. The summed E-state index contributed by atoms with van der Waals surface area (Å²) in [5.41, 5.74) is 0. The molecule has 3 rings (SSSR count). The van der Waals surface area contributed by atoms with Crippen LogP contribution in [0.4, 0.5) is 9.93 Å². The van der Waals surface area contributed by atoms with Gasteiger partial charge in [0, 0.05) is 39.3 Å². The first-order valence-electron chi connectivity index (χ1n) is 11.1. The van der Waals surface area contributed by atoms with E-state index in [0.29, 0.717) is 37.0 Å². The molecule has 1 aromatic rings. The first-order chi connectivity index (χ1) is 15.6. The summed E-state index contributed by atoms with van der Waals surface area (Å²) in [4.78, 5) is 30.3. The van der Waals surface area contributed by atoms with Gasteiger partial charge in [0.2, 0.25) is 0 Å². The number of carbonyl (C=O) groups is 2. The maximum absolute atomic E-state index is 13.4. The summed E-state index contributed by atoms with van der Waals surface area (Å²) in [7, 11) is -0.405. The number of carboxylic acid groups (broad SMARTS) is 1. The highest BCUT2D eigenvalue weighted by Gasteiger charge is 2.37. The molecule has 2 amide bonds. The molecule has 0 bridgehead atoms. The summed E-state index contributed by atoms with van der Waals surface area (Å²) in [6, 6.07) is -0.144. The van der Waals surface area contributed by atoms with Crippen molar-refractivity contribution in [2.45, 2.75) is 61.7 Å². The number of carbonyl (C=O) groups excluding carboxylic acids is 1. The van der Waals surface area contributed by atoms with Crippen LogP contribution in [0.2, 0.25) is 0 Å². The number of hydrogen-bond acceptors (Lipinski definition) is 7. The molecule has 0 aromatic carbocycles. The minimum atomic E-state index is -3.46. The fourth-order valence-electron chi connectivity index (χ4n) is 4.41. The monoisotopic (exact) mass is 519 g/mol. The number of aromatic nitrogens is 1. The van der Waals surface area contributed by atoms with Gasteiger partial charge < -0.3 is 10.0 Å². The number of hydrogen-bond donors (Lipinski definition) is 2. The van der Waals surface area contributed by atoms with Crippen LogP contribution in [0.25, 0.3) is 0 Å². The zero-order chi connectivity index (χ0) is 24.2. The van der Waals surface area contributed by atoms with Crippen LogP contribution in [0.15, 0.2) is 10.4 Å². The Balaban J connectivity index is 1.70. The second kappa shape index (κ2) is 11.3. The van der Waals surface area contributed by atoms with Crippen molar-refractivity contribution in [3.05, 3.63) is 6.20 Å². The van der Waals surface area contributed by atoms with Crippen molar-refractivity contribution in [1.82, 2.24) is 18.5 Å². The van der Waals surface area contributed by atoms with Gasteiger partial charge in [0.15, 0.2) is 5.13 Å². The highest BCUT2D eigenvalue weighted by Crippen LogP contribution is 2.33. The van der Waals surface area contributed by atoms with Gasteiger partial charge in [-0.25, -0.2) is 9.78 Å². The van der Waals surface area contributed by atoms with Crippen LogP contribution in [0.5, 0.6) is 0 Å². The van der Waals surface area contributed by atoms with E-state index in [1.54, 1.807) is 6.20 Å². The highest BCUT2D eigenvalue weighted by atomic mass is 32.2. The van der Waals surface area contributed by atoms with Gasteiger partial charge in [0.25, 0.3) is 10.2 Å². The Bertz CT molecular complexity index is 922. The zero-order valence-corrected chi connectivity index (χ0v) is 21.7. The molecule has 1 aromatic heterocycles. The lowest BCUT2D eigenvalue weighted by Crippen LogP contribution is -2.55. The molecule has 2 heterocycles. The zero-order valence-electron chi connectivity index (χ0n) is 19.3. The number of aliphatic carboxylic acids is 1. The Morgan fingerprint density at radius 3 is 2.36 bits per heavy atom. The van der Waals surface area contributed by atoms with Gasteiger partial charge in [-0.2, -0.15) is 17.0 Å². The van der Waals surface area contributed by atoms with Crippen LogP contribution >= 0.6 is 23.1 Å². The van der Waals surface area contributed by atoms with E-state index in [4.69, 9.17) is 5.11 Å². The summed E-state index contributed by atoms with van der Waals surface area (Å²) >= 11 is 2.43. The largest absolute Gasteiger partial charge is 0.481 e. The molecule has 0 unspecified atom stereocenters. The van der Waals surface area contributed by atoms with Gasteiger partial charge in [-0.3, -0.25) is 10.1 Å². The Morgan fingerprint density at radius 2 is 1.79 bits per heavy atom. The van der Waals surface area contributed by atoms with Crippen LogP contribution < -0.4 is 5.32 Å². The van der Waals surface area contributed by atoms with Crippen LogP contribution in [-0.2, 0) is 15.0 Å². The predicted molar refractivity (Wildman–Crippen MR) is 130 cm³/mol. The van der Waals surface area contributed by atoms with Crippen LogP contribution in [0, 0.1) is 5.92 Å². The van der Waals surface area contributed by atoms with Crippen LogP contribution in [0.1, 0.15) is 45.4 Å². The van der Waals surface area contributed by atoms with Crippen molar-refractivity contribution in [2.24, 2.45) is 5.92 Å². The third-order valence-corrected chi connectivity index (χ3v) is 10.3. The maximum Gasteiger partial charge on any atom is 0.324 e. The Labute approximate surface area is 203 Å². The molecule has 186 valence electrons. The number of urea groups is 1. The molecule has 0 atom stereocenters. The third-order valence-electron chi connectivity index (χ3n) is 6.25. The Hall–Kier alpha value is -1.41. The molecule has 13 heteroatoms. The maximum atomic E-state index is 13.4. The number of nitrogens with one attached hydrogen (secondary N) is 1. The van der Waals surface area contributed by atoms with E-state index in [-0.39, 0.29) is 23.9 Å². The molecule has 0 spiro atoms. The van der Waals surface area contributed by atoms with E-state index in [1.807, 2.05) is 4.90 Å². The normalized spacial score (nSPS) is 22.9. The molecule has 1 aliphatic carbocycles. The SMILES string of the molecule is CN(C)S(=O)(=O)N1CCC(N(C(=O)Nc2ncc(SCC(=O)O)s2)[C@H]2CC[C@H](C)CC2)CC1. The molecule has 10 nitrogen and oxygen atoms in total. The van der Waals surface area contributed by atoms with E-state index in [9.17, 15) is 18.0 Å². The van der Waals surface area contributed by atoms with Crippen LogP contribution in [-0.4, -0.2) is 89.0 Å². The van der Waals surface area contributed by atoms with Crippen molar-refractivity contribution >= 4 is 50.4 Å². The molecule has 2 fully saturated rings. The van der Waals surface area contributed by atoms with Gasteiger partial charge in [0.05, 0.1) is 16.2 Å². The lowest BCUT2D eigenvalue weighted by atomic mass is 9.85. The fraction of sp³-hybridized carbons (Fsp3) is 0.750. The summed E-state index contributed by atoms with van der Waals surface area (Å²) in [5, 5.41) is 12.2. The number of amides is 2. The molecule has 1 saturated heterocycles. The minimum absolute atomic E-state index is 0.0437. The minimum Gasteiger partial charge on any atom is -0.481 e. The number of thiazole rings is 1. The highest BCUT2D eigenvalue weighted by molar-refractivity contribution is 8.01. The number of piperidine rings is 1. The van der Waals surface area contributed by atoms with E-state index >= 15 is 0 Å². The van der Waals surface area contributed by atoms with Gasteiger partial charge in [-0.1, -0.05) is 18.3 Å². The summed E-state index contributed by atoms with van der Waals surface area (Å²) in [6.45, 7) is 2.99. The first kappa shape index (κ1) is 26.2. The molecule has 1 aliphatic heterocycles. The van der Waals surface area contributed by atoms with Crippen molar-refractivity contribution in [2.75, 3.05) is 38.3 Å². The summed E-state index contributed by atoms with van der Waals surface area (Å²) in [5.74, 6) is -0.318. The molecule has 1 saturated carbocycles. The van der Waals surface area contributed by atoms with Crippen molar-refractivity contribution in [3.63, 3.8) is 0 Å². The van der Waals surface area contributed by atoms with Crippen molar-refractivity contribution < 1.29 is 23.1 Å². The van der Waals surface area contributed by atoms with Gasteiger partial charge >= 0.3 is 12.0 Å². The lowest BCUT2D eigenvalue weighted by molar-refractivity contribution is -0.133. The van der Waals surface area contributed by atoms with Crippen molar-refractivity contribution in [3.8, 4) is 0 Å².